The lowest BCUT2D eigenvalue weighted by molar-refractivity contribution is -0.0508. The largest absolute Gasteiger partial charge is 0.356 e. The second kappa shape index (κ2) is 11.5. The van der Waals surface area contributed by atoms with Gasteiger partial charge in [-0.3, -0.25) is 0 Å². The maximum atomic E-state index is 5.36. The molecular formula is C14H29BrO2. The van der Waals surface area contributed by atoms with Crippen LogP contribution >= 0.6 is 15.9 Å². The van der Waals surface area contributed by atoms with Crippen LogP contribution in [0.5, 0.6) is 0 Å². The van der Waals surface area contributed by atoms with Crippen molar-refractivity contribution in [1.82, 2.24) is 0 Å². The van der Waals surface area contributed by atoms with Crippen molar-refractivity contribution >= 4 is 15.9 Å². The van der Waals surface area contributed by atoms with Gasteiger partial charge in [-0.15, -0.1) is 0 Å². The molecule has 0 rings (SSSR count). The van der Waals surface area contributed by atoms with Gasteiger partial charge >= 0.3 is 0 Å². The summed E-state index contributed by atoms with van der Waals surface area (Å²) in [6, 6.07) is 0. The van der Waals surface area contributed by atoms with Crippen LogP contribution in [0.25, 0.3) is 0 Å². The number of hydrogen-bond donors (Lipinski definition) is 0. The Labute approximate surface area is 116 Å². The zero-order valence-corrected chi connectivity index (χ0v) is 13.5. The van der Waals surface area contributed by atoms with Crippen LogP contribution in [0, 0.1) is 11.8 Å². The molecule has 0 aliphatic heterocycles. The van der Waals surface area contributed by atoms with Gasteiger partial charge in [-0.25, -0.2) is 0 Å². The third-order valence-electron chi connectivity index (χ3n) is 2.89. The molecule has 0 bridgehead atoms. The zero-order valence-electron chi connectivity index (χ0n) is 11.9. The minimum Gasteiger partial charge on any atom is -0.356 e. The Balaban J connectivity index is 3.36. The van der Waals surface area contributed by atoms with Gasteiger partial charge in [0.1, 0.15) is 6.79 Å². The molecule has 0 N–H and O–H groups in total. The highest BCUT2D eigenvalue weighted by atomic mass is 79.9. The molecule has 0 radical (unpaired) electrons. The van der Waals surface area contributed by atoms with E-state index >= 15 is 0 Å². The summed E-state index contributed by atoms with van der Waals surface area (Å²) in [4.78, 5) is 0.638. The number of ether oxygens (including phenoxy) is 2. The fraction of sp³-hybridized carbons (Fsp3) is 1.00. The molecule has 0 heterocycles. The Morgan fingerprint density at radius 3 is 2.29 bits per heavy atom. The van der Waals surface area contributed by atoms with Crippen molar-refractivity contribution in [3.8, 4) is 0 Å². The van der Waals surface area contributed by atoms with Crippen LogP contribution in [0.4, 0.5) is 0 Å². The average Bonchev–Trinajstić information content (AvgIpc) is 2.21. The van der Waals surface area contributed by atoms with Crippen molar-refractivity contribution in [2.75, 3.05) is 20.0 Å². The molecule has 3 atom stereocenters. The Bertz CT molecular complexity index is 162. The van der Waals surface area contributed by atoms with E-state index in [0.717, 1.165) is 31.5 Å². The summed E-state index contributed by atoms with van der Waals surface area (Å²) in [5, 5.41) is 0. The van der Waals surface area contributed by atoms with Crippen LogP contribution < -0.4 is 0 Å². The molecular weight excluding hydrogens is 280 g/mol. The standard InChI is InChI=1S/C14H29BrO2/c1-5-16-11-17-8-6-7-12(2)9-13(3)10-14(4)15/h12-14H,5-11H2,1-4H3. The molecule has 0 aromatic heterocycles. The van der Waals surface area contributed by atoms with E-state index in [1.54, 1.807) is 0 Å². The summed E-state index contributed by atoms with van der Waals surface area (Å²) >= 11 is 3.62. The predicted octanol–water partition coefficient (Wildman–Crippen LogP) is 4.61. The smallest absolute Gasteiger partial charge is 0.146 e. The molecule has 0 aromatic rings. The van der Waals surface area contributed by atoms with Gasteiger partial charge < -0.3 is 9.47 Å². The first kappa shape index (κ1) is 17.4. The second-order valence-corrected chi connectivity index (χ2v) is 6.69. The molecule has 0 aliphatic rings. The Hall–Kier alpha value is 0.400. The molecule has 0 amide bonds. The van der Waals surface area contributed by atoms with Crippen LogP contribution in [-0.2, 0) is 9.47 Å². The summed E-state index contributed by atoms with van der Waals surface area (Å²) in [6.07, 6.45) is 4.99. The second-order valence-electron chi connectivity index (χ2n) is 5.12. The molecule has 0 aliphatic carbocycles. The van der Waals surface area contributed by atoms with E-state index in [4.69, 9.17) is 9.47 Å². The van der Waals surface area contributed by atoms with Crippen molar-refractivity contribution in [1.29, 1.82) is 0 Å². The first-order chi connectivity index (χ1) is 8.06. The summed E-state index contributed by atoms with van der Waals surface area (Å²) in [6.45, 7) is 10.9. The number of rotatable bonds is 11. The van der Waals surface area contributed by atoms with E-state index < -0.39 is 0 Å². The third-order valence-corrected chi connectivity index (χ3v) is 3.26. The molecule has 3 heteroatoms. The summed E-state index contributed by atoms with van der Waals surface area (Å²) in [5.74, 6) is 1.61. The number of hydrogen-bond acceptors (Lipinski definition) is 2. The fourth-order valence-electron chi connectivity index (χ4n) is 2.19. The van der Waals surface area contributed by atoms with Crippen LogP contribution in [-0.4, -0.2) is 24.8 Å². The maximum Gasteiger partial charge on any atom is 0.146 e. The van der Waals surface area contributed by atoms with Gasteiger partial charge in [0.25, 0.3) is 0 Å². The van der Waals surface area contributed by atoms with Crippen molar-refractivity contribution in [2.45, 2.75) is 58.2 Å². The van der Waals surface area contributed by atoms with Gasteiger partial charge in [0.05, 0.1) is 0 Å². The van der Waals surface area contributed by atoms with Crippen LogP contribution in [0.3, 0.4) is 0 Å². The lowest BCUT2D eigenvalue weighted by atomic mass is 9.91. The summed E-state index contributed by atoms with van der Waals surface area (Å²) in [7, 11) is 0. The molecule has 3 unspecified atom stereocenters. The molecule has 17 heavy (non-hydrogen) atoms. The van der Waals surface area contributed by atoms with Gasteiger partial charge in [0.2, 0.25) is 0 Å². The lowest BCUT2D eigenvalue weighted by Gasteiger charge is -2.18. The molecule has 104 valence electrons. The Morgan fingerprint density at radius 2 is 1.71 bits per heavy atom. The minimum atomic E-state index is 0.447. The first-order valence-corrected chi connectivity index (χ1v) is 7.77. The van der Waals surface area contributed by atoms with Crippen LogP contribution in [0.15, 0.2) is 0 Å². The quantitative estimate of drug-likeness (QED) is 0.315. The van der Waals surface area contributed by atoms with Gasteiger partial charge in [-0.2, -0.15) is 0 Å². The highest BCUT2D eigenvalue weighted by Crippen LogP contribution is 2.22. The monoisotopic (exact) mass is 308 g/mol. The van der Waals surface area contributed by atoms with Crippen LogP contribution in [0.2, 0.25) is 0 Å². The van der Waals surface area contributed by atoms with Crippen molar-refractivity contribution in [3.05, 3.63) is 0 Å². The summed E-state index contributed by atoms with van der Waals surface area (Å²) in [5.41, 5.74) is 0. The highest BCUT2D eigenvalue weighted by Gasteiger charge is 2.10. The van der Waals surface area contributed by atoms with Gasteiger partial charge in [0, 0.05) is 18.0 Å². The molecule has 0 saturated carbocycles. The average molecular weight is 309 g/mol. The normalized spacial score (nSPS) is 16.8. The Kier molecular flexibility index (Phi) is 11.8. The summed E-state index contributed by atoms with van der Waals surface area (Å²) < 4.78 is 10.5. The van der Waals surface area contributed by atoms with E-state index in [2.05, 4.69) is 36.7 Å². The van der Waals surface area contributed by atoms with Crippen LogP contribution in [0.1, 0.15) is 53.4 Å². The van der Waals surface area contributed by atoms with Gasteiger partial charge in [-0.05, 0) is 44.4 Å². The zero-order chi connectivity index (χ0) is 13.1. The van der Waals surface area contributed by atoms with Crippen molar-refractivity contribution in [2.24, 2.45) is 11.8 Å². The van der Waals surface area contributed by atoms with E-state index in [1.807, 2.05) is 6.92 Å². The fourth-order valence-corrected chi connectivity index (χ4v) is 2.83. The number of halogens is 1. The maximum absolute atomic E-state index is 5.36. The SMILES string of the molecule is CCOCOCCCC(C)CC(C)CC(C)Br. The Morgan fingerprint density at radius 1 is 1.00 bits per heavy atom. The van der Waals surface area contributed by atoms with Crippen molar-refractivity contribution in [3.63, 3.8) is 0 Å². The minimum absolute atomic E-state index is 0.447. The van der Waals surface area contributed by atoms with Gasteiger partial charge in [0.15, 0.2) is 0 Å². The molecule has 0 aromatic carbocycles. The van der Waals surface area contributed by atoms with Crippen molar-refractivity contribution < 1.29 is 9.47 Å². The molecule has 0 fully saturated rings. The number of alkyl halides is 1. The van der Waals surface area contributed by atoms with Gasteiger partial charge in [-0.1, -0.05) is 36.7 Å². The predicted molar refractivity (Wildman–Crippen MR) is 77.6 cm³/mol. The van der Waals surface area contributed by atoms with E-state index in [9.17, 15) is 0 Å². The van der Waals surface area contributed by atoms with E-state index in [0.29, 0.717) is 11.6 Å². The van der Waals surface area contributed by atoms with E-state index in [-0.39, 0.29) is 0 Å². The molecule has 0 spiro atoms. The topological polar surface area (TPSA) is 18.5 Å². The highest BCUT2D eigenvalue weighted by molar-refractivity contribution is 9.09. The molecule has 2 nitrogen and oxygen atoms in total. The molecule has 0 saturated heterocycles. The van der Waals surface area contributed by atoms with E-state index in [1.165, 1.54) is 19.3 Å². The third kappa shape index (κ3) is 12.6. The lowest BCUT2D eigenvalue weighted by Crippen LogP contribution is -2.08. The first-order valence-electron chi connectivity index (χ1n) is 6.85.